The lowest BCUT2D eigenvalue weighted by molar-refractivity contribution is -0.574. The second-order valence-corrected chi connectivity index (χ2v) is 5.99. The molecule has 3 aliphatic rings. The normalized spacial score (nSPS) is 25.6. The summed E-state index contributed by atoms with van der Waals surface area (Å²) < 4.78 is 4.62. The summed E-state index contributed by atoms with van der Waals surface area (Å²) >= 11 is 4.26. The van der Waals surface area contributed by atoms with E-state index in [4.69, 9.17) is 5.73 Å². The number of nitrogens with zero attached hydrogens (tertiary/aromatic N) is 1. The number of ether oxygens (including phenoxy) is 1. The minimum atomic E-state index is -1.36. The third-order valence-corrected chi connectivity index (χ3v) is 4.01. The zero-order chi connectivity index (χ0) is 17.0. The molecule has 3 aliphatic heterocycles. The van der Waals surface area contributed by atoms with Crippen molar-refractivity contribution in [1.29, 1.82) is 0 Å². The number of nitrogens with one attached hydrogen (secondary N) is 1. The van der Waals surface area contributed by atoms with Gasteiger partial charge in [0.1, 0.15) is 0 Å². The first-order valence-electron chi connectivity index (χ1n) is 7.03. The Bertz CT molecular complexity index is 599. The number of benzene rings is 1. The molecular formula is C14H17N3O5S. The minimum absolute atomic E-state index is 0.122. The monoisotopic (exact) mass is 339 g/mol. The van der Waals surface area contributed by atoms with Crippen LogP contribution < -0.4 is 11.1 Å². The average Bonchev–Trinajstić information content (AvgIpc) is 2.78. The number of hydrogen-bond acceptors (Lipinski definition) is 7. The predicted molar refractivity (Wildman–Crippen MR) is 84.6 cm³/mol. The molecule has 1 aromatic carbocycles. The van der Waals surface area contributed by atoms with Crippen molar-refractivity contribution < 1.29 is 19.2 Å². The number of esters is 1. The zero-order valence-electron chi connectivity index (χ0n) is 12.2. The van der Waals surface area contributed by atoms with Gasteiger partial charge in [0.05, 0.1) is 22.1 Å². The molecule has 3 unspecified atom stereocenters. The van der Waals surface area contributed by atoms with Crippen molar-refractivity contribution in [3.63, 3.8) is 0 Å². The molecular weight excluding hydrogens is 322 g/mol. The Morgan fingerprint density at radius 1 is 1.35 bits per heavy atom. The van der Waals surface area contributed by atoms with Crippen molar-refractivity contribution in [3.05, 3.63) is 45.5 Å². The molecule has 4 rings (SSSR count). The van der Waals surface area contributed by atoms with Crippen molar-refractivity contribution in [2.75, 3.05) is 6.54 Å². The third-order valence-electron chi connectivity index (χ3n) is 3.57. The average molecular weight is 339 g/mol. The molecule has 0 spiro atoms. The lowest BCUT2D eigenvalue weighted by atomic mass is 10.0. The standard InChI is InChI=1S/C8H5NO4.C6H12N2OS/c10-8-6-3-1-5(2-4-6)7(13-8)9(11)12;7-6(9)5-2-1-4(10)3-8-5/h1-4,7H;4-5,8,10H,1-3H2,(H2,7,9). The Hall–Kier alpha value is -2.13. The molecule has 2 bridgehead atoms. The fraction of sp³-hybridized carbons (Fsp3) is 0.429. The molecule has 8 nitrogen and oxygen atoms in total. The Kier molecular flexibility index (Phi) is 5.56. The van der Waals surface area contributed by atoms with Gasteiger partial charge in [-0.2, -0.15) is 12.6 Å². The topological polar surface area (TPSA) is 125 Å². The molecule has 1 aromatic rings. The Labute approximate surface area is 137 Å². The van der Waals surface area contributed by atoms with E-state index in [1.165, 1.54) is 24.3 Å². The molecule has 1 amide bonds. The van der Waals surface area contributed by atoms with Crippen LogP contribution in [0.5, 0.6) is 0 Å². The number of carbonyl (C=O) groups excluding carboxylic acids is 2. The quantitative estimate of drug-likeness (QED) is 0.314. The molecule has 3 heterocycles. The van der Waals surface area contributed by atoms with Gasteiger partial charge in [-0.05, 0) is 37.1 Å². The van der Waals surface area contributed by atoms with E-state index < -0.39 is 17.1 Å². The van der Waals surface area contributed by atoms with E-state index in [9.17, 15) is 19.7 Å². The van der Waals surface area contributed by atoms with E-state index in [0.29, 0.717) is 16.4 Å². The fourth-order valence-electron chi connectivity index (χ4n) is 2.27. The number of rotatable bonds is 2. The maximum atomic E-state index is 11.1. The summed E-state index contributed by atoms with van der Waals surface area (Å²) in [6.07, 6.45) is 0.438. The summed E-state index contributed by atoms with van der Waals surface area (Å²) in [5, 5.41) is 13.9. The zero-order valence-corrected chi connectivity index (χ0v) is 13.1. The van der Waals surface area contributed by atoms with Gasteiger partial charge < -0.3 is 15.8 Å². The maximum absolute atomic E-state index is 11.1. The van der Waals surface area contributed by atoms with E-state index in [1.54, 1.807) is 0 Å². The predicted octanol–water partition coefficient (Wildman–Crippen LogP) is 0.654. The Morgan fingerprint density at radius 2 is 2.00 bits per heavy atom. The van der Waals surface area contributed by atoms with Crippen LogP contribution in [0.1, 0.15) is 35.0 Å². The van der Waals surface area contributed by atoms with Crippen molar-refractivity contribution in [2.45, 2.75) is 30.4 Å². The molecule has 9 heteroatoms. The second kappa shape index (κ2) is 7.42. The van der Waals surface area contributed by atoms with Gasteiger partial charge in [0.15, 0.2) is 0 Å². The van der Waals surface area contributed by atoms with Crippen LogP contribution in [0.25, 0.3) is 0 Å². The van der Waals surface area contributed by atoms with Crippen LogP contribution in [0.4, 0.5) is 0 Å². The molecule has 3 N–H and O–H groups in total. The highest BCUT2D eigenvalue weighted by atomic mass is 32.1. The smallest absolute Gasteiger partial charge is 0.383 e. The molecule has 1 saturated heterocycles. The first-order chi connectivity index (χ1) is 10.9. The summed E-state index contributed by atoms with van der Waals surface area (Å²) in [5.74, 6) is -0.901. The van der Waals surface area contributed by atoms with Crippen LogP contribution in [0.3, 0.4) is 0 Å². The number of carbonyl (C=O) groups is 2. The van der Waals surface area contributed by atoms with Gasteiger partial charge in [0.25, 0.3) is 0 Å². The molecule has 0 aromatic heterocycles. The van der Waals surface area contributed by atoms with Crippen LogP contribution >= 0.6 is 12.6 Å². The van der Waals surface area contributed by atoms with Gasteiger partial charge in [0.2, 0.25) is 5.91 Å². The SMILES string of the molecule is NC(=O)C1CCC(S)CN1.O=C1OC([N+](=O)[O-])c2ccc1cc2. The Morgan fingerprint density at radius 3 is 2.48 bits per heavy atom. The van der Waals surface area contributed by atoms with Crippen LogP contribution in [-0.2, 0) is 9.53 Å². The Balaban J connectivity index is 0.000000174. The van der Waals surface area contributed by atoms with Crippen LogP contribution in [0.2, 0.25) is 0 Å². The lowest BCUT2D eigenvalue weighted by Gasteiger charge is -2.24. The van der Waals surface area contributed by atoms with Crippen molar-refractivity contribution in [1.82, 2.24) is 5.32 Å². The summed E-state index contributed by atoms with van der Waals surface area (Å²) in [6.45, 7) is 0.788. The highest BCUT2D eigenvalue weighted by Crippen LogP contribution is 2.24. The van der Waals surface area contributed by atoms with Crippen LogP contribution in [0.15, 0.2) is 24.3 Å². The van der Waals surface area contributed by atoms with Gasteiger partial charge in [0, 0.05) is 11.8 Å². The van der Waals surface area contributed by atoms with Gasteiger partial charge in [-0.3, -0.25) is 14.9 Å². The fourth-order valence-corrected chi connectivity index (χ4v) is 2.52. The molecule has 124 valence electrons. The minimum Gasteiger partial charge on any atom is -0.390 e. The van der Waals surface area contributed by atoms with Gasteiger partial charge >= 0.3 is 12.2 Å². The molecule has 23 heavy (non-hydrogen) atoms. The lowest BCUT2D eigenvalue weighted by Crippen LogP contribution is -2.47. The number of primary amides is 1. The van der Waals surface area contributed by atoms with Crippen molar-refractivity contribution in [2.24, 2.45) is 5.73 Å². The number of thiol groups is 1. The number of amides is 1. The molecule has 0 saturated carbocycles. The number of nitro groups is 1. The highest BCUT2D eigenvalue weighted by Gasteiger charge is 2.31. The molecule has 1 fully saturated rings. The summed E-state index contributed by atoms with van der Waals surface area (Å²) in [4.78, 5) is 31.5. The highest BCUT2D eigenvalue weighted by molar-refractivity contribution is 7.81. The van der Waals surface area contributed by atoms with Crippen LogP contribution in [0, 0.1) is 10.1 Å². The maximum Gasteiger partial charge on any atom is 0.383 e. The number of fused-ring (bicyclic) bond motifs is 4. The molecule has 0 radical (unpaired) electrons. The molecule has 0 aliphatic carbocycles. The summed E-state index contributed by atoms with van der Waals surface area (Å²) in [7, 11) is 0. The van der Waals surface area contributed by atoms with E-state index in [1.807, 2.05) is 0 Å². The van der Waals surface area contributed by atoms with Gasteiger partial charge in [-0.1, -0.05) is 0 Å². The summed E-state index contributed by atoms with van der Waals surface area (Å²) in [6, 6.07) is 5.95. The van der Waals surface area contributed by atoms with Crippen molar-refractivity contribution in [3.8, 4) is 0 Å². The van der Waals surface area contributed by atoms with E-state index >= 15 is 0 Å². The number of piperidine rings is 1. The summed E-state index contributed by atoms with van der Waals surface area (Å²) in [5.41, 5.74) is 5.82. The molecule has 3 atom stereocenters. The second-order valence-electron chi connectivity index (χ2n) is 5.26. The number of hydrogen-bond donors (Lipinski definition) is 3. The first-order valence-corrected chi connectivity index (χ1v) is 7.55. The van der Waals surface area contributed by atoms with E-state index in [-0.39, 0.29) is 11.9 Å². The number of nitrogens with two attached hydrogens (primary N) is 1. The van der Waals surface area contributed by atoms with Gasteiger partial charge in [-0.15, -0.1) is 0 Å². The van der Waals surface area contributed by atoms with E-state index in [2.05, 4.69) is 22.7 Å². The van der Waals surface area contributed by atoms with E-state index in [0.717, 1.165) is 19.4 Å². The first kappa shape index (κ1) is 17.2. The van der Waals surface area contributed by atoms with Gasteiger partial charge in [-0.25, -0.2) is 4.79 Å². The largest absolute Gasteiger partial charge is 0.390 e. The van der Waals surface area contributed by atoms with Crippen LogP contribution in [-0.4, -0.2) is 34.6 Å². The van der Waals surface area contributed by atoms with Crippen molar-refractivity contribution >= 4 is 24.5 Å². The third kappa shape index (κ3) is 4.42.